The van der Waals surface area contributed by atoms with Crippen molar-refractivity contribution in [1.29, 1.82) is 0 Å². The van der Waals surface area contributed by atoms with Gasteiger partial charge in [-0.15, -0.1) is 0 Å². The van der Waals surface area contributed by atoms with Crippen LogP contribution >= 0.6 is 0 Å². The number of aliphatic hydroxyl groups is 1. The van der Waals surface area contributed by atoms with Crippen LogP contribution in [-0.4, -0.2) is 63.0 Å². The van der Waals surface area contributed by atoms with Crippen molar-refractivity contribution in [2.24, 2.45) is 5.73 Å². The number of carbonyl (C=O) groups is 1. The zero-order valence-electron chi connectivity index (χ0n) is 27.0. The molecule has 1 saturated heterocycles. The quantitative estimate of drug-likeness (QED) is 0.171. The average molecular weight is 657 g/mol. The van der Waals surface area contributed by atoms with E-state index in [-0.39, 0.29) is 11.7 Å². The lowest BCUT2D eigenvalue weighted by atomic mass is 9.63. The van der Waals surface area contributed by atoms with Gasteiger partial charge in [0.1, 0.15) is 30.2 Å². The van der Waals surface area contributed by atoms with Gasteiger partial charge < -0.3 is 30.4 Å². The Morgan fingerprint density at radius 3 is 2.10 bits per heavy atom. The summed E-state index contributed by atoms with van der Waals surface area (Å²) in [6.07, 6.45) is 0.590. The Bertz CT molecular complexity index is 2020. The molecule has 0 aliphatic carbocycles. The molecule has 1 aliphatic heterocycles. The van der Waals surface area contributed by atoms with Crippen LogP contribution < -0.4 is 20.5 Å². The first-order valence-corrected chi connectivity index (χ1v) is 15.9. The van der Waals surface area contributed by atoms with Gasteiger partial charge >= 0.3 is 0 Å². The summed E-state index contributed by atoms with van der Waals surface area (Å²) in [7, 11) is 3.22. The second-order valence-electron chi connectivity index (χ2n) is 11.8. The molecule has 6 aromatic rings. The Morgan fingerprint density at radius 2 is 1.47 bits per heavy atom. The van der Waals surface area contributed by atoms with E-state index in [9.17, 15) is 9.90 Å². The van der Waals surface area contributed by atoms with E-state index >= 15 is 0 Å². The van der Waals surface area contributed by atoms with Crippen molar-refractivity contribution < 1.29 is 24.1 Å². The highest BCUT2D eigenvalue weighted by Crippen LogP contribution is 2.51. The van der Waals surface area contributed by atoms with Crippen LogP contribution in [-0.2, 0) is 10.2 Å². The summed E-state index contributed by atoms with van der Waals surface area (Å²) in [5.41, 5.74) is 9.22. The number of nitrogens with one attached hydrogen (secondary N) is 1. The molecule has 4 atom stereocenters. The number of imidazole rings is 1. The van der Waals surface area contributed by atoms with Crippen LogP contribution in [0.2, 0.25) is 0 Å². The van der Waals surface area contributed by atoms with Crippen molar-refractivity contribution in [1.82, 2.24) is 19.5 Å². The molecule has 11 nitrogen and oxygen atoms in total. The van der Waals surface area contributed by atoms with Gasteiger partial charge in [-0.05, 0) is 29.8 Å². The maximum atomic E-state index is 12.9. The lowest BCUT2D eigenvalue weighted by Gasteiger charge is -2.43. The molecule has 2 aromatic heterocycles. The summed E-state index contributed by atoms with van der Waals surface area (Å²) in [5, 5.41) is 15.7. The molecule has 0 radical (unpaired) electrons. The number of hydrogen-bond donors (Lipinski definition) is 3. The minimum Gasteiger partial charge on any atom is -0.496 e. The lowest BCUT2D eigenvalue weighted by Crippen LogP contribution is -2.53. The molecular formula is C38H36N6O5. The Morgan fingerprint density at radius 1 is 0.878 bits per heavy atom. The number of aliphatic hydroxyl groups excluding tert-OH is 1. The number of amides is 1. The first-order valence-electron chi connectivity index (χ1n) is 15.9. The van der Waals surface area contributed by atoms with E-state index in [0.717, 1.165) is 16.7 Å². The third-order valence-electron chi connectivity index (χ3n) is 9.19. The first kappa shape index (κ1) is 32.0. The second kappa shape index (κ2) is 13.5. The van der Waals surface area contributed by atoms with E-state index < -0.39 is 29.9 Å². The minimum atomic E-state index is -1.24. The number of hydrogen-bond acceptors (Lipinski definition) is 9. The molecule has 4 aromatic carbocycles. The number of nitrogens with two attached hydrogens (primary N) is 1. The summed E-state index contributed by atoms with van der Waals surface area (Å²) < 4.78 is 20.3. The fraction of sp³-hybridized carbons (Fsp3) is 0.211. The molecule has 0 spiro atoms. The predicted octanol–water partition coefficient (Wildman–Crippen LogP) is 5.11. The van der Waals surface area contributed by atoms with Crippen molar-refractivity contribution >= 4 is 22.9 Å². The van der Waals surface area contributed by atoms with Gasteiger partial charge in [0, 0.05) is 29.2 Å². The molecule has 49 heavy (non-hydrogen) atoms. The molecule has 0 bridgehead atoms. The van der Waals surface area contributed by atoms with E-state index in [1.165, 1.54) is 6.33 Å². The van der Waals surface area contributed by atoms with Crippen LogP contribution in [0.25, 0.3) is 11.2 Å². The Kier molecular flexibility index (Phi) is 8.79. The lowest BCUT2D eigenvalue weighted by molar-refractivity contribution is -0.0768. The normalized spacial score (nSPS) is 18.2. The van der Waals surface area contributed by atoms with Crippen LogP contribution in [0, 0.1) is 0 Å². The average Bonchev–Trinajstić information content (AvgIpc) is 3.77. The zero-order valence-corrected chi connectivity index (χ0v) is 27.0. The summed E-state index contributed by atoms with van der Waals surface area (Å²) >= 11 is 0. The molecule has 0 saturated carbocycles. The fourth-order valence-corrected chi connectivity index (χ4v) is 6.95. The summed E-state index contributed by atoms with van der Waals surface area (Å²) in [6.45, 7) is 0. The number of anilines is 1. The standard InChI is InChI=1S/C38H36N6O5/c1-47-29-19-11-9-17-26(29)38(25-15-7-4-8-16-25,27-18-10-12-20-30(27)48-2)34(45)33-28(39)21-31(49-33)44-23-42-32-35(40-22-41-36(32)44)43-37(46)24-13-5-3-6-14-24/h3-20,22-23,28,31,33-34,45H,21,39H2,1-2H3,(H,40,41,43,46)/t28?,31-,33+,34?/m1/s1. The number of nitrogens with zero attached hydrogens (tertiary/aromatic N) is 4. The number of benzene rings is 4. The van der Waals surface area contributed by atoms with E-state index in [1.807, 2.05) is 84.9 Å². The Labute approximate surface area is 283 Å². The van der Waals surface area contributed by atoms with Crippen LogP contribution in [0.3, 0.4) is 0 Å². The maximum Gasteiger partial charge on any atom is 0.256 e. The molecule has 248 valence electrons. The van der Waals surface area contributed by atoms with Crippen molar-refractivity contribution in [3.8, 4) is 11.5 Å². The molecule has 1 amide bonds. The van der Waals surface area contributed by atoms with Gasteiger partial charge in [-0.1, -0.05) is 84.9 Å². The van der Waals surface area contributed by atoms with Crippen molar-refractivity contribution in [2.75, 3.05) is 19.5 Å². The van der Waals surface area contributed by atoms with Gasteiger partial charge in [0.2, 0.25) is 0 Å². The van der Waals surface area contributed by atoms with Gasteiger partial charge in [-0.25, -0.2) is 15.0 Å². The monoisotopic (exact) mass is 656 g/mol. The van der Waals surface area contributed by atoms with Gasteiger partial charge in [0.05, 0.1) is 32.1 Å². The molecule has 1 aliphatic rings. The third kappa shape index (κ3) is 5.57. The molecule has 1 fully saturated rings. The van der Waals surface area contributed by atoms with Crippen LogP contribution in [0.4, 0.5) is 5.82 Å². The summed E-state index contributed by atoms with van der Waals surface area (Å²) in [5.74, 6) is 1.12. The number of aromatic nitrogens is 4. The maximum absolute atomic E-state index is 12.9. The SMILES string of the molecule is COc1ccccc1C(c1ccccc1)(c1ccccc1OC)C(O)[C@H]1O[C@@H](n2cnc3c(NC(=O)c4ccccc4)ncnc32)CC1N. The van der Waals surface area contributed by atoms with Gasteiger partial charge in [0.25, 0.3) is 5.91 Å². The first-order chi connectivity index (χ1) is 24.0. The highest BCUT2D eigenvalue weighted by Gasteiger charge is 2.53. The highest BCUT2D eigenvalue weighted by molar-refractivity contribution is 6.06. The largest absolute Gasteiger partial charge is 0.496 e. The van der Waals surface area contributed by atoms with E-state index in [1.54, 1.807) is 49.4 Å². The van der Waals surface area contributed by atoms with Gasteiger partial charge in [-0.2, -0.15) is 0 Å². The van der Waals surface area contributed by atoms with Crippen LogP contribution in [0.5, 0.6) is 11.5 Å². The highest BCUT2D eigenvalue weighted by atomic mass is 16.5. The fourth-order valence-electron chi connectivity index (χ4n) is 6.95. The molecule has 2 unspecified atom stereocenters. The summed E-state index contributed by atoms with van der Waals surface area (Å²) in [4.78, 5) is 26.2. The number of methoxy groups -OCH3 is 2. The molecule has 3 heterocycles. The molecule has 7 rings (SSSR count). The smallest absolute Gasteiger partial charge is 0.256 e. The van der Waals surface area contributed by atoms with E-state index in [0.29, 0.717) is 34.6 Å². The van der Waals surface area contributed by atoms with Crippen molar-refractivity contribution in [3.63, 3.8) is 0 Å². The number of fused-ring (bicyclic) bond motifs is 1. The van der Waals surface area contributed by atoms with E-state index in [2.05, 4.69) is 20.3 Å². The van der Waals surface area contributed by atoms with Crippen molar-refractivity contribution in [3.05, 3.63) is 144 Å². The number of ether oxygens (including phenoxy) is 3. The summed E-state index contributed by atoms with van der Waals surface area (Å²) in [6, 6.07) is 33.3. The Balaban J connectivity index is 1.31. The zero-order chi connectivity index (χ0) is 34.0. The third-order valence-corrected chi connectivity index (χ3v) is 9.19. The number of para-hydroxylation sites is 2. The number of rotatable bonds is 10. The topological polar surface area (TPSA) is 147 Å². The van der Waals surface area contributed by atoms with Gasteiger partial charge in [-0.3, -0.25) is 9.36 Å². The molecular weight excluding hydrogens is 620 g/mol. The van der Waals surface area contributed by atoms with Crippen LogP contribution in [0.15, 0.2) is 122 Å². The molecule has 11 heteroatoms. The van der Waals surface area contributed by atoms with Crippen molar-refractivity contribution in [2.45, 2.75) is 36.3 Å². The van der Waals surface area contributed by atoms with E-state index in [4.69, 9.17) is 19.9 Å². The van der Waals surface area contributed by atoms with Gasteiger partial charge in [0.15, 0.2) is 17.0 Å². The predicted molar refractivity (Wildman–Crippen MR) is 185 cm³/mol. The van der Waals surface area contributed by atoms with Crippen LogP contribution in [0.1, 0.15) is 39.7 Å². The minimum absolute atomic E-state index is 0.270. The second-order valence-corrected chi connectivity index (χ2v) is 11.8. The molecule has 4 N–H and O–H groups in total. The number of carbonyl (C=O) groups excluding carboxylic acids is 1. The Hall–Kier alpha value is -5.62.